The minimum absolute atomic E-state index is 0.500. The zero-order valence-corrected chi connectivity index (χ0v) is 11.4. The SMILES string of the molecule is CC(CN1CCNC2(CCCCC2)C1)C1CC1. The van der Waals surface area contributed by atoms with Crippen molar-refractivity contribution < 1.29 is 0 Å². The van der Waals surface area contributed by atoms with E-state index in [9.17, 15) is 0 Å². The van der Waals surface area contributed by atoms with E-state index in [2.05, 4.69) is 17.1 Å². The number of nitrogens with zero attached hydrogens (tertiary/aromatic N) is 1. The Hall–Kier alpha value is -0.0800. The van der Waals surface area contributed by atoms with Gasteiger partial charge in [-0.1, -0.05) is 26.2 Å². The minimum atomic E-state index is 0.500. The molecule has 0 aromatic heterocycles. The third-order valence-corrected chi connectivity index (χ3v) is 5.24. The standard InChI is InChI=1S/C15H28N2/c1-13(14-5-6-14)11-17-10-9-16-15(12-17)7-3-2-4-8-15/h13-14,16H,2-12H2,1H3. The number of nitrogens with one attached hydrogen (secondary N) is 1. The van der Waals surface area contributed by atoms with Gasteiger partial charge >= 0.3 is 0 Å². The van der Waals surface area contributed by atoms with Crippen LogP contribution in [0, 0.1) is 11.8 Å². The fraction of sp³-hybridized carbons (Fsp3) is 1.00. The summed E-state index contributed by atoms with van der Waals surface area (Å²) in [4.78, 5) is 2.75. The van der Waals surface area contributed by atoms with E-state index in [0.717, 1.165) is 11.8 Å². The van der Waals surface area contributed by atoms with Crippen LogP contribution in [0.15, 0.2) is 0 Å². The van der Waals surface area contributed by atoms with Crippen LogP contribution in [0.5, 0.6) is 0 Å². The molecule has 98 valence electrons. The third-order valence-electron chi connectivity index (χ3n) is 5.24. The molecule has 2 nitrogen and oxygen atoms in total. The zero-order chi connectivity index (χ0) is 11.7. The molecule has 0 bridgehead atoms. The first kappa shape index (κ1) is 12.0. The van der Waals surface area contributed by atoms with Crippen LogP contribution in [-0.2, 0) is 0 Å². The molecule has 2 saturated carbocycles. The van der Waals surface area contributed by atoms with Crippen LogP contribution >= 0.6 is 0 Å². The second-order valence-corrected chi connectivity index (χ2v) is 6.82. The van der Waals surface area contributed by atoms with Crippen molar-refractivity contribution >= 4 is 0 Å². The Labute approximate surface area is 106 Å². The van der Waals surface area contributed by atoms with Crippen LogP contribution in [0.1, 0.15) is 51.9 Å². The average molecular weight is 236 g/mol. The van der Waals surface area contributed by atoms with Crippen molar-refractivity contribution in [3.8, 4) is 0 Å². The van der Waals surface area contributed by atoms with Gasteiger partial charge in [-0.25, -0.2) is 0 Å². The van der Waals surface area contributed by atoms with Crippen LogP contribution in [-0.4, -0.2) is 36.6 Å². The number of piperazine rings is 1. The molecule has 3 fully saturated rings. The highest BCUT2D eigenvalue weighted by Gasteiger charge is 2.37. The van der Waals surface area contributed by atoms with Gasteiger partial charge in [0.15, 0.2) is 0 Å². The summed E-state index contributed by atoms with van der Waals surface area (Å²) >= 11 is 0. The van der Waals surface area contributed by atoms with Gasteiger partial charge in [0.25, 0.3) is 0 Å². The van der Waals surface area contributed by atoms with Crippen LogP contribution in [0.2, 0.25) is 0 Å². The third kappa shape index (κ3) is 2.85. The van der Waals surface area contributed by atoms with Gasteiger partial charge in [0.1, 0.15) is 0 Å². The molecule has 3 rings (SSSR count). The lowest BCUT2D eigenvalue weighted by Crippen LogP contribution is -2.61. The van der Waals surface area contributed by atoms with Crippen LogP contribution in [0.4, 0.5) is 0 Å². The molecule has 1 unspecified atom stereocenters. The molecule has 2 heteroatoms. The van der Waals surface area contributed by atoms with Crippen LogP contribution < -0.4 is 5.32 Å². The first-order valence-corrected chi connectivity index (χ1v) is 7.75. The summed E-state index contributed by atoms with van der Waals surface area (Å²) < 4.78 is 0. The largest absolute Gasteiger partial charge is 0.309 e. The van der Waals surface area contributed by atoms with Gasteiger partial charge < -0.3 is 5.32 Å². The van der Waals surface area contributed by atoms with Gasteiger partial charge in [-0.15, -0.1) is 0 Å². The number of rotatable bonds is 3. The maximum absolute atomic E-state index is 3.84. The first-order valence-electron chi connectivity index (χ1n) is 7.75. The molecule has 1 heterocycles. The lowest BCUT2D eigenvalue weighted by Gasteiger charge is -2.46. The van der Waals surface area contributed by atoms with Gasteiger partial charge in [-0.05, 0) is 37.5 Å². The molecule has 2 aliphatic carbocycles. The van der Waals surface area contributed by atoms with Crippen molar-refractivity contribution in [2.75, 3.05) is 26.2 Å². The van der Waals surface area contributed by atoms with Crippen molar-refractivity contribution in [1.29, 1.82) is 0 Å². The van der Waals surface area contributed by atoms with Crippen molar-refractivity contribution in [2.45, 2.75) is 57.4 Å². The number of hydrogen-bond donors (Lipinski definition) is 1. The monoisotopic (exact) mass is 236 g/mol. The Balaban J connectivity index is 1.54. The maximum atomic E-state index is 3.84. The van der Waals surface area contributed by atoms with Gasteiger partial charge in [0.2, 0.25) is 0 Å². The highest BCUT2D eigenvalue weighted by atomic mass is 15.2. The number of hydrogen-bond acceptors (Lipinski definition) is 2. The molecular formula is C15H28N2. The topological polar surface area (TPSA) is 15.3 Å². The normalized spacial score (nSPS) is 31.6. The maximum Gasteiger partial charge on any atom is 0.0309 e. The van der Waals surface area contributed by atoms with E-state index >= 15 is 0 Å². The minimum Gasteiger partial charge on any atom is -0.309 e. The Morgan fingerprint density at radius 2 is 2.00 bits per heavy atom. The molecule has 0 amide bonds. The van der Waals surface area contributed by atoms with Crippen molar-refractivity contribution in [1.82, 2.24) is 10.2 Å². The van der Waals surface area contributed by atoms with Gasteiger partial charge in [0.05, 0.1) is 0 Å². The van der Waals surface area contributed by atoms with Gasteiger partial charge in [-0.2, -0.15) is 0 Å². The molecule has 3 aliphatic rings. The summed E-state index contributed by atoms with van der Waals surface area (Å²) in [5.74, 6) is 2.00. The van der Waals surface area contributed by atoms with E-state index in [4.69, 9.17) is 0 Å². The summed E-state index contributed by atoms with van der Waals surface area (Å²) in [6, 6.07) is 0. The summed E-state index contributed by atoms with van der Waals surface area (Å²) in [5, 5.41) is 3.84. The molecule has 17 heavy (non-hydrogen) atoms. The second kappa shape index (κ2) is 4.89. The van der Waals surface area contributed by atoms with E-state index < -0.39 is 0 Å². The molecule has 1 atom stereocenters. The fourth-order valence-corrected chi connectivity index (χ4v) is 3.98. The molecule has 0 aromatic rings. The molecule has 1 N–H and O–H groups in total. The Kier molecular flexibility index (Phi) is 3.45. The Morgan fingerprint density at radius 1 is 1.24 bits per heavy atom. The fourth-order valence-electron chi connectivity index (χ4n) is 3.98. The highest BCUT2D eigenvalue weighted by Crippen LogP contribution is 2.37. The van der Waals surface area contributed by atoms with Gasteiger partial charge in [0, 0.05) is 31.7 Å². The molecular weight excluding hydrogens is 208 g/mol. The summed E-state index contributed by atoms with van der Waals surface area (Å²) in [6.45, 7) is 7.64. The Morgan fingerprint density at radius 3 is 2.71 bits per heavy atom. The predicted octanol–water partition coefficient (Wildman–Crippen LogP) is 2.64. The van der Waals surface area contributed by atoms with Crippen molar-refractivity contribution in [3.05, 3.63) is 0 Å². The summed E-state index contributed by atoms with van der Waals surface area (Å²) in [5.41, 5.74) is 0.500. The van der Waals surface area contributed by atoms with E-state index in [1.165, 1.54) is 71.1 Å². The first-order chi connectivity index (χ1) is 8.27. The zero-order valence-electron chi connectivity index (χ0n) is 11.4. The lowest BCUT2D eigenvalue weighted by molar-refractivity contribution is 0.0867. The quantitative estimate of drug-likeness (QED) is 0.810. The molecule has 1 aliphatic heterocycles. The predicted molar refractivity (Wildman–Crippen MR) is 72.1 cm³/mol. The second-order valence-electron chi connectivity index (χ2n) is 6.82. The molecule has 0 aromatic carbocycles. The molecule has 1 saturated heterocycles. The van der Waals surface area contributed by atoms with Crippen molar-refractivity contribution in [3.63, 3.8) is 0 Å². The molecule has 0 radical (unpaired) electrons. The van der Waals surface area contributed by atoms with E-state index in [1.807, 2.05) is 0 Å². The van der Waals surface area contributed by atoms with Crippen LogP contribution in [0.25, 0.3) is 0 Å². The summed E-state index contributed by atoms with van der Waals surface area (Å²) in [6.07, 6.45) is 10.2. The average Bonchev–Trinajstić information content (AvgIpc) is 3.14. The van der Waals surface area contributed by atoms with Gasteiger partial charge in [-0.3, -0.25) is 4.90 Å². The van der Waals surface area contributed by atoms with E-state index in [1.54, 1.807) is 0 Å². The van der Waals surface area contributed by atoms with E-state index in [-0.39, 0.29) is 0 Å². The molecule has 1 spiro atoms. The highest BCUT2D eigenvalue weighted by molar-refractivity contribution is 4.97. The van der Waals surface area contributed by atoms with E-state index in [0.29, 0.717) is 5.54 Å². The summed E-state index contributed by atoms with van der Waals surface area (Å²) in [7, 11) is 0. The van der Waals surface area contributed by atoms with Crippen molar-refractivity contribution in [2.24, 2.45) is 11.8 Å². The Bertz CT molecular complexity index is 248. The smallest absolute Gasteiger partial charge is 0.0309 e. The van der Waals surface area contributed by atoms with Crippen LogP contribution in [0.3, 0.4) is 0 Å². The lowest BCUT2D eigenvalue weighted by atomic mass is 9.80.